The molecule has 0 radical (unpaired) electrons. The SMILES string of the molecule is COc1ccc(-c2csc(/C(C#N)=C/Nc3ccc(NC(C)=O)cc3)n2)cc1. The highest BCUT2D eigenvalue weighted by Gasteiger charge is 2.09. The standard InChI is InChI=1S/C21H18N4O2S/c1-14(26)24-18-7-5-17(6-8-18)23-12-16(11-22)21-25-20(13-28-21)15-3-9-19(27-2)10-4-15/h3-10,12-13,23H,1-2H3,(H,24,26)/b16-12+. The monoisotopic (exact) mass is 390 g/mol. The van der Waals surface area contributed by atoms with E-state index in [2.05, 4.69) is 21.7 Å². The van der Waals surface area contributed by atoms with Crippen molar-refractivity contribution >= 4 is 34.2 Å². The number of aromatic nitrogens is 1. The lowest BCUT2D eigenvalue weighted by Crippen LogP contribution is -2.05. The van der Waals surface area contributed by atoms with E-state index in [4.69, 9.17) is 4.74 Å². The van der Waals surface area contributed by atoms with Crippen LogP contribution in [0, 0.1) is 11.3 Å². The molecule has 0 saturated carbocycles. The Kier molecular flexibility index (Phi) is 6.04. The molecule has 1 heterocycles. The summed E-state index contributed by atoms with van der Waals surface area (Å²) >= 11 is 1.41. The lowest BCUT2D eigenvalue weighted by molar-refractivity contribution is -0.114. The number of ether oxygens (including phenoxy) is 1. The predicted octanol–water partition coefficient (Wildman–Crippen LogP) is 4.75. The number of hydrogen-bond donors (Lipinski definition) is 2. The van der Waals surface area contributed by atoms with Crippen LogP contribution in [0.4, 0.5) is 11.4 Å². The Morgan fingerprint density at radius 3 is 2.43 bits per heavy atom. The van der Waals surface area contributed by atoms with Gasteiger partial charge in [-0.25, -0.2) is 4.98 Å². The molecule has 6 nitrogen and oxygen atoms in total. The number of amides is 1. The van der Waals surface area contributed by atoms with Crippen LogP contribution in [0.3, 0.4) is 0 Å². The van der Waals surface area contributed by atoms with Gasteiger partial charge in [0, 0.05) is 35.4 Å². The van der Waals surface area contributed by atoms with E-state index in [1.165, 1.54) is 18.3 Å². The molecule has 1 amide bonds. The molecule has 3 aromatic rings. The summed E-state index contributed by atoms with van der Waals surface area (Å²) in [6.45, 7) is 1.46. The van der Waals surface area contributed by atoms with Gasteiger partial charge in [0.2, 0.25) is 5.91 Å². The number of thiazole rings is 1. The van der Waals surface area contributed by atoms with Crippen molar-refractivity contribution in [1.82, 2.24) is 4.98 Å². The molecule has 0 aliphatic rings. The molecule has 7 heteroatoms. The quantitative estimate of drug-likeness (QED) is 0.593. The molecule has 2 aromatic carbocycles. The maximum Gasteiger partial charge on any atom is 0.221 e. The average Bonchev–Trinajstić information content (AvgIpc) is 3.19. The van der Waals surface area contributed by atoms with E-state index in [0.717, 1.165) is 22.7 Å². The molecule has 0 bridgehead atoms. The second-order valence-electron chi connectivity index (χ2n) is 5.84. The summed E-state index contributed by atoms with van der Waals surface area (Å²) in [5, 5.41) is 17.8. The van der Waals surface area contributed by atoms with Crippen molar-refractivity contribution in [2.45, 2.75) is 6.92 Å². The second kappa shape index (κ2) is 8.84. The highest BCUT2D eigenvalue weighted by atomic mass is 32.1. The Morgan fingerprint density at radius 1 is 1.14 bits per heavy atom. The van der Waals surface area contributed by atoms with Gasteiger partial charge in [-0.15, -0.1) is 11.3 Å². The number of benzene rings is 2. The molecular weight excluding hydrogens is 372 g/mol. The van der Waals surface area contributed by atoms with Crippen molar-refractivity contribution < 1.29 is 9.53 Å². The Hall–Kier alpha value is -3.63. The number of nitrogens with one attached hydrogen (secondary N) is 2. The largest absolute Gasteiger partial charge is 0.497 e. The van der Waals surface area contributed by atoms with Crippen molar-refractivity contribution in [3.63, 3.8) is 0 Å². The second-order valence-corrected chi connectivity index (χ2v) is 6.70. The van der Waals surface area contributed by atoms with Gasteiger partial charge in [-0.2, -0.15) is 5.26 Å². The summed E-state index contributed by atoms with van der Waals surface area (Å²) in [6, 6.07) is 17.0. The molecular formula is C21H18N4O2S. The number of hydrogen-bond acceptors (Lipinski definition) is 6. The van der Waals surface area contributed by atoms with Crippen LogP contribution in [-0.2, 0) is 4.79 Å². The van der Waals surface area contributed by atoms with Gasteiger partial charge in [-0.1, -0.05) is 0 Å². The zero-order valence-corrected chi connectivity index (χ0v) is 16.2. The number of nitriles is 1. The molecule has 0 saturated heterocycles. The van der Waals surface area contributed by atoms with Crippen LogP contribution in [0.1, 0.15) is 11.9 Å². The first-order valence-corrected chi connectivity index (χ1v) is 9.32. The number of nitrogens with zero attached hydrogens (tertiary/aromatic N) is 2. The fourth-order valence-electron chi connectivity index (χ4n) is 2.44. The average molecular weight is 390 g/mol. The van der Waals surface area contributed by atoms with Gasteiger partial charge < -0.3 is 15.4 Å². The third-order valence-corrected chi connectivity index (χ3v) is 4.70. The van der Waals surface area contributed by atoms with Crippen LogP contribution in [0.15, 0.2) is 60.1 Å². The predicted molar refractivity (Wildman–Crippen MR) is 112 cm³/mol. The van der Waals surface area contributed by atoms with Gasteiger partial charge in [0.1, 0.15) is 22.4 Å². The number of methoxy groups -OCH3 is 1. The van der Waals surface area contributed by atoms with E-state index in [1.54, 1.807) is 25.4 Å². The molecule has 2 N–H and O–H groups in total. The molecule has 0 spiro atoms. The number of carbonyl (C=O) groups excluding carboxylic acids is 1. The molecule has 0 aliphatic carbocycles. The zero-order valence-electron chi connectivity index (χ0n) is 15.4. The molecule has 1 aromatic heterocycles. The fourth-order valence-corrected chi connectivity index (χ4v) is 3.24. The molecule has 28 heavy (non-hydrogen) atoms. The Morgan fingerprint density at radius 2 is 1.82 bits per heavy atom. The summed E-state index contributed by atoms with van der Waals surface area (Å²) in [4.78, 5) is 15.6. The smallest absolute Gasteiger partial charge is 0.221 e. The van der Waals surface area contributed by atoms with E-state index in [1.807, 2.05) is 41.8 Å². The van der Waals surface area contributed by atoms with Crippen LogP contribution in [-0.4, -0.2) is 18.0 Å². The summed E-state index contributed by atoms with van der Waals surface area (Å²) in [6.07, 6.45) is 1.63. The summed E-state index contributed by atoms with van der Waals surface area (Å²) < 4.78 is 5.17. The van der Waals surface area contributed by atoms with Crippen molar-refractivity contribution in [2.75, 3.05) is 17.7 Å². The lowest BCUT2D eigenvalue weighted by atomic mass is 10.2. The maximum absolute atomic E-state index is 11.1. The number of rotatable bonds is 6. The van der Waals surface area contributed by atoms with Gasteiger partial charge in [-0.05, 0) is 48.5 Å². The Balaban J connectivity index is 1.73. The topological polar surface area (TPSA) is 87.0 Å². The van der Waals surface area contributed by atoms with Crippen molar-refractivity contribution in [2.24, 2.45) is 0 Å². The normalized spacial score (nSPS) is 10.8. The van der Waals surface area contributed by atoms with Crippen LogP contribution in [0.25, 0.3) is 16.8 Å². The first-order chi connectivity index (χ1) is 13.6. The first-order valence-electron chi connectivity index (χ1n) is 8.44. The lowest BCUT2D eigenvalue weighted by Gasteiger charge is -2.04. The van der Waals surface area contributed by atoms with Crippen LogP contribution in [0.2, 0.25) is 0 Å². The zero-order chi connectivity index (χ0) is 19.9. The number of carbonyl (C=O) groups is 1. The van der Waals surface area contributed by atoms with Crippen molar-refractivity contribution in [3.8, 4) is 23.1 Å². The van der Waals surface area contributed by atoms with E-state index < -0.39 is 0 Å². The van der Waals surface area contributed by atoms with E-state index >= 15 is 0 Å². The summed E-state index contributed by atoms with van der Waals surface area (Å²) in [5.74, 6) is 0.661. The number of allylic oxidation sites excluding steroid dienone is 1. The highest BCUT2D eigenvalue weighted by Crippen LogP contribution is 2.27. The molecule has 0 unspecified atom stereocenters. The van der Waals surface area contributed by atoms with Crippen LogP contribution >= 0.6 is 11.3 Å². The minimum absolute atomic E-state index is 0.121. The van der Waals surface area contributed by atoms with E-state index in [-0.39, 0.29) is 5.91 Å². The number of anilines is 2. The molecule has 0 fully saturated rings. The molecule has 0 aliphatic heterocycles. The van der Waals surface area contributed by atoms with Crippen LogP contribution in [0.5, 0.6) is 5.75 Å². The molecule has 140 valence electrons. The molecule has 3 rings (SSSR count). The van der Waals surface area contributed by atoms with Crippen LogP contribution < -0.4 is 15.4 Å². The summed E-state index contributed by atoms with van der Waals surface area (Å²) in [5.41, 5.74) is 3.72. The summed E-state index contributed by atoms with van der Waals surface area (Å²) in [7, 11) is 1.63. The molecule has 0 atom stereocenters. The van der Waals surface area contributed by atoms with Gasteiger partial charge in [0.25, 0.3) is 0 Å². The van der Waals surface area contributed by atoms with Crippen molar-refractivity contribution in [1.29, 1.82) is 5.26 Å². The Bertz CT molecular complexity index is 1030. The minimum Gasteiger partial charge on any atom is -0.497 e. The fraction of sp³-hybridized carbons (Fsp3) is 0.0952. The third kappa shape index (κ3) is 4.75. The van der Waals surface area contributed by atoms with Gasteiger partial charge in [0.05, 0.1) is 12.8 Å². The van der Waals surface area contributed by atoms with E-state index in [9.17, 15) is 10.1 Å². The maximum atomic E-state index is 11.1. The van der Waals surface area contributed by atoms with Gasteiger partial charge in [-0.3, -0.25) is 4.79 Å². The third-order valence-electron chi connectivity index (χ3n) is 3.83. The first kappa shape index (κ1) is 19.1. The van der Waals surface area contributed by atoms with Gasteiger partial charge in [0.15, 0.2) is 0 Å². The minimum atomic E-state index is -0.121. The van der Waals surface area contributed by atoms with E-state index in [0.29, 0.717) is 16.3 Å². The van der Waals surface area contributed by atoms with Crippen molar-refractivity contribution in [3.05, 3.63) is 65.1 Å². The van der Waals surface area contributed by atoms with Gasteiger partial charge >= 0.3 is 0 Å². The Labute approximate surface area is 167 Å². The highest BCUT2D eigenvalue weighted by molar-refractivity contribution is 7.11.